The predicted octanol–water partition coefficient (Wildman–Crippen LogP) is 4.01. The summed E-state index contributed by atoms with van der Waals surface area (Å²) < 4.78 is 82.0. The number of carboxylic acid groups (broad SMARTS) is 1. The third-order valence-corrected chi connectivity index (χ3v) is 6.10. The molecule has 0 spiro atoms. The summed E-state index contributed by atoms with van der Waals surface area (Å²) in [7, 11) is -2.92. The Morgan fingerprint density at radius 2 is 1.50 bits per heavy atom. The lowest BCUT2D eigenvalue weighted by Crippen LogP contribution is -2.47. The van der Waals surface area contributed by atoms with E-state index in [1.165, 1.54) is 19.6 Å². The number of esters is 1. The standard InChI is InChI=1S/C13H18F6O4Si/c1-24(2,3)8(11(12(14,15)16)13(17,18)19)6-7-23-10(22)5-4-9(20)21/h4-5,8,11H,6-7H2,1-3H3,(H,20,21)/b5-4+. The number of hydrogen-bond donors (Lipinski definition) is 1. The van der Waals surface area contributed by atoms with Crippen molar-refractivity contribution in [2.24, 2.45) is 5.92 Å². The van der Waals surface area contributed by atoms with Crippen molar-refractivity contribution in [3.63, 3.8) is 0 Å². The first-order valence-corrected chi connectivity index (χ1v) is 10.4. The van der Waals surface area contributed by atoms with Gasteiger partial charge in [-0.15, -0.1) is 0 Å². The monoisotopic (exact) mass is 380 g/mol. The summed E-state index contributed by atoms with van der Waals surface area (Å²) in [4.78, 5) is 21.3. The second-order valence-electron chi connectivity index (χ2n) is 6.16. The topological polar surface area (TPSA) is 63.6 Å². The Morgan fingerprint density at radius 3 is 1.83 bits per heavy atom. The van der Waals surface area contributed by atoms with Gasteiger partial charge in [0.25, 0.3) is 0 Å². The zero-order valence-corrected chi connectivity index (χ0v) is 14.2. The highest BCUT2D eigenvalue weighted by atomic mass is 28.3. The minimum absolute atomic E-state index is 0.451. The van der Waals surface area contributed by atoms with Gasteiger partial charge in [-0.25, -0.2) is 9.59 Å². The lowest BCUT2D eigenvalue weighted by Gasteiger charge is -2.37. The number of carboxylic acids is 1. The van der Waals surface area contributed by atoms with Crippen LogP contribution in [0.1, 0.15) is 6.42 Å². The van der Waals surface area contributed by atoms with Crippen LogP contribution < -0.4 is 0 Å². The lowest BCUT2D eigenvalue weighted by molar-refractivity contribution is -0.286. The second-order valence-corrected chi connectivity index (χ2v) is 11.6. The number of ether oxygens (including phenoxy) is 1. The van der Waals surface area contributed by atoms with Crippen LogP contribution in [0.15, 0.2) is 12.2 Å². The fourth-order valence-electron chi connectivity index (χ4n) is 2.22. The first-order chi connectivity index (χ1) is 10.6. The minimum atomic E-state index is -5.46. The Kier molecular flexibility index (Phi) is 7.53. The summed E-state index contributed by atoms with van der Waals surface area (Å²) in [5.41, 5.74) is -1.74. The number of alkyl halides is 6. The van der Waals surface area contributed by atoms with Crippen LogP contribution in [0.4, 0.5) is 26.3 Å². The fourth-order valence-corrected chi connectivity index (χ4v) is 4.58. The van der Waals surface area contributed by atoms with Gasteiger partial charge >= 0.3 is 24.3 Å². The van der Waals surface area contributed by atoms with Crippen LogP contribution in [0.2, 0.25) is 25.2 Å². The third-order valence-electron chi connectivity index (χ3n) is 3.26. The summed E-state index contributed by atoms with van der Waals surface area (Å²) in [5, 5.41) is 8.30. The molecule has 0 aliphatic carbocycles. The highest BCUT2D eigenvalue weighted by molar-refractivity contribution is 6.77. The molecule has 1 unspecified atom stereocenters. The van der Waals surface area contributed by atoms with Gasteiger partial charge in [0.05, 0.1) is 6.61 Å². The van der Waals surface area contributed by atoms with E-state index in [4.69, 9.17) is 5.11 Å². The Hall–Kier alpha value is -1.52. The third kappa shape index (κ3) is 7.84. The summed E-state index contributed by atoms with van der Waals surface area (Å²) in [5.74, 6) is -6.09. The van der Waals surface area contributed by atoms with Crippen molar-refractivity contribution in [3.8, 4) is 0 Å². The molecule has 0 aromatic carbocycles. The first-order valence-electron chi connectivity index (χ1n) is 6.78. The van der Waals surface area contributed by atoms with E-state index in [1.54, 1.807) is 0 Å². The quantitative estimate of drug-likeness (QED) is 0.314. The summed E-state index contributed by atoms with van der Waals surface area (Å²) in [6, 6.07) is 0. The fraction of sp³-hybridized carbons (Fsp3) is 0.692. The molecule has 0 bridgehead atoms. The lowest BCUT2D eigenvalue weighted by atomic mass is 10.0. The average molecular weight is 380 g/mol. The van der Waals surface area contributed by atoms with Gasteiger partial charge in [0.2, 0.25) is 0 Å². The van der Waals surface area contributed by atoms with E-state index in [1.807, 2.05) is 0 Å². The van der Waals surface area contributed by atoms with E-state index in [-0.39, 0.29) is 0 Å². The minimum Gasteiger partial charge on any atom is -0.478 e. The van der Waals surface area contributed by atoms with Crippen LogP contribution in [-0.2, 0) is 14.3 Å². The van der Waals surface area contributed by atoms with Crippen molar-refractivity contribution in [2.75, 3.05) is 6.61 Å². The second kappa shape index (κ2) is 8.04. The molecule has 0 heterocycles. The maximum absolute atomic E-state index is 12.9. The van der Waals surface area contributed by atoms with Crippen molar-refractivity contribution < 1.29 is 45.8 Å². The molecule has 0 fully saturated rings. The molecule has 0 amide bonds. The number of rotatable bonds is 7. The Balaban J connectivity index is 5.17. The van der Waals surface area contributed by atoms with Gasteiger partial charge in [-0.05, 0) is 12.0 Å². The molecule has 0 rings (SSSR count). The largest absolute Gasteiger partial charge is 0.478 e. The van der Waals surface area contributed by atoms with E-state index in [0.29, 0.717) is 12.2 Å². The molecule has 24 heavy (non-hydrogen) atoms. The molecule has 0 aliphatic rings. The first kappa shape index (κ1) is 22.5. The highest BCUT2D eigenvalue weighted by Crippen LogP contribution is 2.50. The molecule has 1 N–H and O–H groups in total. The van der Waals surface area contributed by atoms with Crippen LogP contribution in [0.25, 0.3) is 0 Å². The zero-order chi connectivity index (χ0) is 19.3. The molecule has 140 valence electrons. The molecule has 0 saturated carbocycles. The van der Waals surface area contributed by atoms with Crippen molar-refractivity contribution in [2.45, 2.75) is 44.0 Å². The molecule has 1 atom stereocenters. The summed E-state index contributed by atoms with van der Waals surface area (Å²) in [6.07, 6.45) is -10.6. The van der Waals surface area contributed by atoms with Crippen molar-refractivity contribution in [3.05, 3.63) is 12.2 Å². The van der Waals surface area contributed by atoms with Crippen LogP contribution in [0.5, 0.6) is 0 Å². The van der Waals surface area contributed by atoms with Gasteiger partial charge in [0, 0.05) is 20.2 Å². The van der Waals surface area contributed by atoms with E-state index in [0.717, 1.165) is 0 Å². The Morgan fingerprint density at radius 1 is 1.04 bits per heavy atom. The van der Waals surface area contributed by atoms with Gasteiger partial charge in [0.1, 0.15) is 0 Å². The smallest absolute Gasteiger partial charge is 0.400 e. The molecule has 4 nitrogen and oxygen atoms in total. The van der Waals surface area contributed by atoms with Crippen molar-refractivity contribution in [1.82, 2.24) is 0 Å². The maximum Gasteiger partial charge on any atom is 0.400 e. The predicted molar refractivity (Wildman–Crippen MR) is 75.0 cm³/mol. The van der Waals surface area contributed by atoms with Gasteiger partial charge in [-0.1, -0.05) is 19.6 Å². The number of hydrogen-bond acceptors (Lipinski definition) is 3. The summed E-state index contributed by atoms with van der Waals surface area (Å²) in [6.45, 7) is 3.44. The maximum atomic E-state index is 12.9. The average Bonchev–Trinajstić information content (AvgIpc) is 2.30. The number of carbonyl (C=O) groups is 2. The SMILES string of the molecule is C[Si](C)(C)C(CCOC(=O)/C=C/C(=O)O)C(C(F)(F)F)C(F)(F)F. The molecular formula is C13H18F6O4Si. The summed E-state index contributed by atoms with van der Waals surface area (Å²) >= 11 is 0. The van der Waals surface area contributed by atoms with E-state index in [2.05, 4.69) is 4.74 Å². The zero-order valence-electron chi connectivity index (χ0n) is 13.2. The van der Waals surface area contributed by atoms with Crippen LogP contribution in [0.3, 0.4) is 0 Å². The van der Waals surface area contributed by atoms with Crippen LogP contribution in [-0.4, -0.2) is 44.1 Å². The van der Waals surface area contributed by atoms with Gasteiger partial charge in [0.15, 0.2) is 5.92 Å². The molecule has 0 aromatic heterocycles. The molecule has 11 heteroatoms. The molecule has 0 radical (unpaired) electrons. The molecular weight excluding hydrogens is 362 g/mol. The van der Waals surface area contributed by atoms with Gasteiger partial charge in [-0.3, -0.25) is 0 Å². The Labute approximate surface area is 135 Å². The van der Waals surface area contributed by atoms with E-state index < -0.39 is 56.9 Å². The van der Waals surface area contributed by atoms with Gasteiger partial charge in [-0.2, -0.15) is 26.3 Å². The van der Waals surface area contributed by atoms with Crippen molar-refractivity contribution in [1.29, 1.82) is 0 Å². The van der Waals surface area contributed by atoms with Crippen molar-refractivity contribution >= 4 is 20.0 Å². The van der Waals surface area contributed by atoms with Crippen LogP contribution in [0, 0.1) is 5.92 Å². The highest BCUT2D eigenvalue weighted by Gasteiger charge is 2.62. The normalized spacial score (nSPS) is 14.9. The Bertz CT molecular complexity index is 464. The van der Waals surface area contributed by atoms with Gasteiger partial charge < -0.3 is 9.84 Å². The number of halogens is 6. The van der Waals surface area contributed by atoms with E-state index >= 15 is 0 Å². The van der Waals surface area contributed by atoms with Crippen LogP contribution >= 0.6 is 0 Å². The number of aliphatic carboxylic acids is 1. The van der Waals surface area contributed by atoms with E-state index in [9.17, 15) is 35.9 Å². The molecule has 0 saturated heterocycles. The molecule has 0 aliphatic heterocycles. The molecule has 0 aromatic rings. The number of carbonyl (C=O) groups excluding carboxylic acids is 1.